The number of aliphatic hydroxyl groups excluding tert-OH is 1. The van der Waals surface area contributed by atoms with E-state index in [2.05, 4.69) is 13.0 Å². The first-order valence-electron chi connectivity index (χ1n) is 14.8. The monoisotopic (exact) mass is 522 g/mol. The Bertz CT molecular complexity index is 717. The standard InChI is InChI=1S/C30H50O7/c1-4-22-14-15-23(19-22)26(32)17-16-25-24(11-7-5-6-8-12-29(33)34-3)27(36-21(2)31)20-28(25)37-30-13-9-10-18-35-30/h16-17,22-28,30,32H,4-15,18-20H2,1-3H3/t22?,23?,24-,25-,26-,27+,28-,30?/m1/s1. The minimum atomic E-state index is -0.449. The minimum absolute atomic E-state index is 0.0583. The summed E-state index contributed by atoms with van der Waals surface area (Å²) >= 11 is 0. The Kier molecular flexibility index (Phi) is 12.9. The zero-order chi connectivity index (χ0) is 26.6. The molecule has 0 spiro atoms. The Hall–Kier alpha value is -1.44. The van der Waals surface area contributed by atoms with Crippen molar-refractivity contribution in [3.8, 4) is 0 Å². The average Bonchev–Trinajstić information content (AvgIpc) is 3.49. The molecule has 0 aromatic heterocycles. The van der Waals surface area contributed by atoms with E-state index in [0.717, 1.165) is 76.7 Å². The predicted octanol–water partition coefficient (Wildman–Crippen LogP) is 5.72. The number of aliphatic hydroxyl groups is 1. The molecule has 2 saturated carbocycles. The van der Waals surface area contributed by atoms with E-state index in [9.17, 15) is 14.7 Å². The summed E-state index contributed by atoms with van der Waals surface area (Å²) in [4.78, 5) is 23.3. The molecule has 1 saturated heterocycles. The number of hydrogen-bond donors (Lipinski definition) is 1. The average molecular weight is 523 g/mol. The first kappa shape index (κ1) is 30.1. The van der Waals surface area contributed by atoms with Gasteiger partial charge in [0.05, 0.1) is 19.3 Å². The molecule has 0 amide bonds. The van der Waals surface area contributed by atoms with Crippen molar-refractivity contribution in [2.45, 2.75) is 128 Å². The Morgan fingerprint density at radius 3 is 2.54 bits per heavy atom. The molecule has 7 nitrogen and oxygen atoms in total. The molecule has 3 aliphatic rings. The van der Waals surface area contributed by atoms with Crippen molar-refractivity contribution in [2.75, 3.05) is 13.7 Å². The van der Waals surface area contributed by atoms with E-state index in [1.165, 1.54) is 26.9 Å². The molecule has 1 heterocycles. The molecule has 0 aromatic rings. The lowest BCUT2D eigenvalue weighted by Crippen LogP contribution is -2.31. The molecule has 3 fully saturated rings. The van der Waals surface area contributed by atoms with Crippen molar-refractivity contribution in [3.05, 3.63) is 12.2 Å². The van der Waals surface area contributed by atoms with Crippen LogP contribution in [-0.2, 0) is 28.5 Å². The molecule has 1 aliphatic heterocycles. The van der Waals surface area contributed by atoms with Gasteiger partial charge in [-0.15, -0.1) is 0 Å². The van der Waals surface area contributed by atoms with Gasteiger partial charge >= 0.3 is 11.9 Å². The van der Waals surface area contributed by atoms with Gasteiger partial charge in [0, 0.05) is 38.2 Å². The van der Waals surface area contributed by atoms with Crippen LogP contribution in [0.3, 0.4) is 0 Å². The van der Waals surface area contributed by atoms with Crippen LogP contribution in [0.4, 0.5) is 0 Å². The van der Waals surface area contributed by atoms with Crippen LogP contribution < -0.4 is 0 Å². The van der Waals surface area contributed by atoms with Crippen molar-refractivity contribution in [1.82, 2.24) is 0 Å². The summed E-state index contributed by atoms with van der Waals surface area (Å²) in [5.74, 6) is 0.811. The third-order valence-electron chi connectivity index (χ3n) is 8.72. The molecular formula is C30H50O7. The second-order valence-corrected chi connectivity index (χ2v) is 11.3. The second kappa shape index (κ2) is 15.8. The fourth-order valence-corrected chi connectivity index (χ4v) is 6.54. The van der Waals surface area contributed by atoms with E-state index in [1.807, 2.05) is 6.08 Å². The topological polar surface area (TPSA) is 91.3 Å². The van der Waals surface area contributed by atoms with Gasteiger partial charge in [0.25, 0.3) is 0 Å². The van der Waals surface area contributed by atoms with Gasteiger partial charge in [-0.2, -0.15) is 0 Å². The van der Waals surface area contributed by atoms with Crippen LogP contribution in [-0.4, -0.2) is 55.4 Å². The highest BCUT2D eigenvalue weighted by Gasteiger charge is 2.45. The summed E-state index contributed by atoms with van der Waals surface area (Å²) in [6, 6.07) is 0. The molecule has 3 rings (SSSR count). The highest BCUT2D eigenvalue weighted by atomic mass is 16.7. The maximum Gasteiger partial charge on any atom is 0.305 e. The summed E-state index contributed by atoms with van der Waals surface area (Å²) in [6.45, 7) is 4.43. The highest BCUT2D eigenvalue weighted by Crippen LogP contribution is 2.42. The van der Waals surface area contributed by atoms with Crippen LogP contribution in [0, 0.1) is 23.7 Å². The second-order valence-electron chi connectivity index (χ2n) is 11.3. The Morgan fingerprint density at radius 2 is 1.86 bits per heavy atom. The fraction of sp³-hybridized carbons (Fsp3) is 0.867. The SMILES string of the molecule is CCC1CCC([C@H](O)C=C[C@@H]2[C@@H](CCCCCCC(=O)OC)[C@@H](OC(C)=O)C[C@H]2OC2CCCCO2)C1. The van der Waals surface area contributed by atoms with Gasteiger partial charge in [-0.25, -0.2) is 0 Å². The fourth-order valence-electron chi connectivity index (χ4n) is 6.54. The predicted molar refractivity (Wildman–Crippen MR) is 142 cm³/mol. The van der Waals surface area contributed by atoms with Gasteiger partial charge in [-0.05, 0) is 56.8 Å². The number of hydrogen-bond acceptors (Lipinski definition) is 7. The lowest BCUT2D eigenvalue weighted by molar-refractivity contribution is -0.193. The van der Waals surface area contributed by atoms with E-state index in [4.69, 9.17) is 18.9 Å². The number of carbonyl (C=O) groups is 2. The first-order chi connectivity index (χ1) is 17.9. The highest BCUT2D eigenvalue weighted by molar-refractivity contribution is 5.69. The van der Waals surface area contributed by atoms with Gasteiger partial charge in [0.15, 0.2) is 6.29 Å². The molecule has 37 heavy (non-hydrogen) atoms. The summed E-state index contributed by atoms with van der Waals surface area (Å²) < 4.78 is 22.9. The van der Waals surface area contributed by atoms with Crippen molar-refractivity contribution in [2.24, 2.45) is 23.7 Å². The van der Waals surface area contributed by atoms with Gasteiger partial charge in [-0.3, -0.25) is 9.59 Å². The van der Waals surface area contributed by atoms with Gasteiger partial charge < -0.3 is 24.1 Å². The molecule has 8 atom stereocenters. The Balaban J connectivity index is 1.66. The van der Waals surface area contributed by atoms with Gasteiger partial charge in [0.1, 0.15) is 6.10 Å². The largest absolute Gasteiger partial charge is 0.469 e. The summed E-state index contributed by atoms with van der Waals surface area (Å²) in [6.07, 6.45) is 16.6. The number of ether oxygens (including phenoxy) is 4. The molecule has 212 valence electrons. The van der Waals surface area contributed by atoms with E-state index in [-0.39, 0.29) is 42.3 Å². The van der Waals surface area contributed by atoms with Crippen molar-refractivity contribution < 1.29 is 33.6 Å². The Morgan fingerprint density at radius 1 is 1.05 bits per heavy atom. The van der Waals surface area contributed by atoms with Gasteiger partial charge in [0.2, 0.25) is 0 Å². The van der Waals surface area contributed by atoms with E-state index >= 15 is 0 Å². The Labute approximate surface area is 223 Å². The maximum atomic E-state index is 12.0. The molecule has 0 aromatic carbocycles. The molecule has 1 N–H and O–H groups in total. The lowest BCUT2D eigenvalue weighted by atomic mass is 9.87. The van der Waals surface area contributed by atoms with Crippen molar-refractivity contribution in [1.29, 1.82) is 0 Å². The molecule has 0 bridgehead atoms. The molecule has 0 radical (unpaired) electrons. The van der Waals surface area contributed by atoms with E-state index < -0.39 is 6.10 Å². The molecular weight excluding hydrogens is 472 g/mol. The van der Waals surface area contributed by atoms with Crippen LogP contribution in [0.1, 0.15) is 104 Å². The number of rotatable bonds is 14. The van der Waals surface area contributed by atoms with Crippen molar-refractivity contribution >= 4 is 11.9 Å². The van der Waals surface area contributed by atoms with Crippen LogP contribution in [0.25, 0.3) is 0 Å². The third-order valence-corrected chi connectivity index (χ3v) is 8.72. The van der Waals surface area contributed by atoms with E-state index in [0.29, 0.717) is 18.8 Å². The number of unbranched alkanes of at least 4 members (excludes halogenated alkanes) is 3. The summed E-state index contributed by atoms with van der Waals surface area (Å²) in [5, 5.41) is 11.0. The zero-order valence-corrected chi connectivity index (χ0v) is 23.3. The molecule has 2 aliphatic carbocycles. The maximum absolute atomic E-state index is 12.0. The molecule has 3 unspecified atom stereocenters. The quantitative estimate of drug-likeness (QED) is 0.177. The van der Waals surface area contributed by atoms with Gasteiger partial charge in [-0.1, -0.05) is 51.2 Å². The third kappa shape index (κ3) is 9.67. The van der Waals surface area contributed by atoms with Crippen LogP contribution in [0.5, 0.6) is 0 Å². The first-order valence-corrected chi connectivity index (χ1v) is 14.8. The van der Waals surface area contributed by atoms with Crippen LogP contribution in [0.2, 0.25) is 0 Å². The molecule has 7 heteroatoms. The zero-order valence-electron chi connectivity index (χ0n) is 23.3. The number of esters is 2. The number of carbonyl (C=O) groups excluding carboxylic acids is 2. The van der Waals surface area contributed by atoms with Crippen LogP contribution in [0.15, 0.2) is 12.2 Å². The summed E-state index contributed by atoms with van der Waals surface area (Å²) in [5.41, 5.74) is 0. The van der Waals surface area contributed by atoms with Crippen molar-refractivity contribution in [3.63, 3.8) is 0 Å². The summed E-state index contributed by atoms with van der Waals surface area (Å²) in [7, 11) is 1.42. The van der Waals surface area contributed by atoms with E-state index in [1.54, 1.807) is 0 Å². The lowest BCUT2D eigenvalue weighted by Gasteiger charge is -2.29. The smallest absolute Gasteiger partial charge is 0.305 e. The minimum Gasteiger partial charge on any atom is -0.469 e. The number of methoxy groups -OCH3 is 1. The normalized spacial score (nSPS) is 33.0. The van der Waals surface area contributed by atoms with Crippen LogP contribution >= 0.6 is 0 Å².